The van der Waals surface area contributed by atoms with Gasteiger partial charge >= 0.3 is 11.9 Å². The number of ketones is 1. The summed E-state index contributed by atoms with van der Waals surface area (Å²) in [6, 6.07) is 0. The zero-order valence-corrected chi connectivity index (χ0v) is 41.6. The molecule has 1 saturated carbocycles. The molecule has 1 unspecified atom stereocenters. The molecule has 0 aromatic heterocycles. The van der Waals surface area contributed by atoms with Gasteiger partial charge in [-0.3, -0.25) is 18.9 Å². The van der Waals surface area contributed by atoms with Gasteiger partial charge in [0.25, 0.3) is 7.82 Å². The van der Waals surface area contributed by atoms with Crippen molar-refractivity contribution < 1.29 is 57.1 Å². The van der Waals surface area contributed by atoms with Gasteiger partial charge in [-0.05, 0) is 25.7 Å². The highest BCUT2D eigenvalue weighted by Crippen LogP contribution is 2.38. The molecule has 0 aliphatic heterocycles. The van der Waals surface area contributed by atoms with Crippen LogP contribution in [0.1, 0.15) is 213 Å². The van der Waals surface area contributed by atoms with E-state index in [0.717, 1.165) is 57.8 Å². The summed E-state index contributed by atoms with van der Waals surface area (Å²) in [4.78, 5) is 50.5. The fraction of sp³-hybridized carbons (Fsp3) is 0.900. The second-order valence-corrected chi connectivity index (χ2v) is 20.7. The molecule has 370 valence electrons. The number of nitrogens with zero attached hydrogens (tertiary/aromatic N) is 1. The van der Waals surface area contributed by atoms with Crippen molar-refractivity contribution in [3.8, 4) is 0 Å². The van der Waals surface area contributed by atoms with E-state index in [1.165, 1.54) is 96.3 Å². The molecule has 0 aromatic rings. The number of Topliss-reactive ketones (excluding diaryl/α,β-unsaturated/α-hetero) is 1. The lowest BCUT2D eigenvalue weighted by Crippen LogP contribution is -2.37. The monoisotopic (exact) mass is 916 g/mol. The fourth-order valence-corrected chi connectivity index (χ4v) is 8.87. The standard InChI is InChI=1S/C50H94NO11P/c1-6-8-10-11-12-13-14-15-16-17-18-19-20-21-22-23-24-25-31-35-50(56)62-44(42-61-63(57,58)60-39-38-51(3,4)5)41-59-49(55)34-30-27-26-29-33-45-46(48(54)40-47(45)53)37-36-43(52)32-28-9-7-2/h36-37,43-46,48,52,54H,6-35,38-42H2,1-5H3/b37-36+/t43-,44+,45+,46+,48+/m0/s1. The number of aliphatic hydroxyl groups excluding tert-OH is 2. The SMILES string of the molecule is CCCCCCCCCCCCCCCCCCCCCC(=O)O[C@H](COC(=O)CCCCCC[C@H]1C(=O)C[C@@H](O)[C@@H]1/C=C/[C@@H](O)CCCCC)COP(=O)([O-])OCC[N+](C)(C)C. The Kier molecular flexibility index (Phi) is 35.3. The molecule has 13 heteroatoms. The van der Waals surface area contributed by atoms with E-state index in [1.807, 2.05) is 27.2 Å². The number of carbonyl (C=O) groups excluding carboxylic acids is 3. The van der Waals surface area contributed by atoms with Gasteiger partial charge in [0.05, 0.1) is 40.0 Å². The van der Waals surface area contributed by atoms with Crippen LogP contribution in [-0.4, -0.2) is 98.2 Å². The first-order valence-corrected chi connectivity index (χ1v) is 27.0. The summed E-state index contributed by atoms with van der Waals surface area (Å²) in [5, 5.41) is 20.8. The smallest absolute Gasteiger partial charge is 0.306 e. The predicted molar refractivity (Wildman–Crippen MR) is 251 cm³/mol. The van der Waals surface area contributed by atoms with Crippen molar-refractivity contribution in [3.05, 3.63) is 12.2 Å². The van der Waals surface area contributed by atoms with Crippen molar-refractivity contribution in [1.29, 1.82) is 0 Å². The Morgan fingerprint density at radius 3 is 1.71 bits per heavy atom. The van der Waals surface area contributed by atoms with Crippen LogP contribution in [0.15, 0.2) is 12.2 Å². The van der Waals surface area contributed by atoms with Crippen LogP contribution in [0.3, 0.4) is 0 Å². The molecule has 1 aliphatic rings. The van der Waals surface area contributed by atoms with E-state index in [0.29, 0.717) is 36.7 Å². The lowest BCUT2D eigenvalue weighted by Gasteiger charge is -2.28. The van der Waals surface area contributed by atoms with Crippen LogP contribution in [-0.2, 0) is 37.5 Å². The van der Waals surface area contributed by atoms with Gasteiger partial charge in [0.2, 0.25) is 0 Å². The number of phosphoric acid groups is 1. The van der Waals surface area contributed by atoms with Crippen LogP contribution >= 0.6 is 7.82 Å². The number of aliphatic hydroxyl groups is 2. The predicted octanol–water partition coefficient (Wildman–Crippen LogP) is 10.9. The molecular formula is C50H94NO11P. The van der Waals surface area contributed by atoms with Gasteiger partial charge in [0.15, 0.2) is 6.10 Å². The summed E-state index contributed by atoms with van der Waals surface area (Å²) in [6.45, 7) is 3.89. The van der Waals surface area contributed by atoms with E-state index in [9.17, 15) is 34.1 Å². The van der Waals surface area contributed by atoms with Gasteiger partial charge in [-0.2, -0.15) is 0 Å². The average Bonchev–Trinajstić information content (AvgIpc) is 3.50. The van der Waals surface area contributed by atoms with E-state index < -0.39 is 44.7 Å². The first kappa shape index (κ1) is 59.4. The summed E-state index contributed by atoms with van der Waals surface area (Å²) in [7, 11) is 1.05. The van der Waals surface area contributed by atoms with E-state index in [1.54, 1.807) is 6.08 Å². The number of rotatable bonds is 43. The summed E-state index contributed by atoms with van der Waals surface area (Å²) in [5.41, 5.74) is 0. The van der Waals surface area contributed by atoms with Crippen molar-refractivity contribution in [3.63, 3.8) is 0 Å². The molecule has 0 saturated heterocycles. The van der Waals surface area contributed by atoms with Crippen molar-refractivity contribution in [2.24, 2.45) is 11.8 Å². The Bertz CT molecular complexity index is 1240. The molecule has 0 spiro atoms. The summed E-state index contributed by atoms with van der Waals surface area (Å²) in [5.74, 6) is -1.50. The number of ether oxygens (including phenoxy) is 2. The maximum Gasteiger partial charge on any atom is 0.306 e. The van der Waals surface area contributed by atoms with Crippen molar-refractivity contribution in [2.45, 2.75) is 231 Å². The van der Waals surface area contributed by atoms with E-state index in [-0.39, 0.29) is 50.1 Å². The highest BCUT2D eigenvalue weighted by Gasteiger charge is 2.39. The minimum absolute atomic E-state index is 0.0510. The maximum atomic E-state index is 12.8. The van der Waals surface area contributed by atoms with Gasteiger partial charge in [-0.25, -0.2) is 0 Å². The molecule has 1 rings (SSSR count). The largest absolute Gasteiger partial charge is 0.756 e. The third-order valence-corrected chi connectivity index (χ3v) is 13.1. The normalized spacial score (nSPS) is 18.8. The van der Waals surface area contributed by atoms with Gasteiger partial charge in [-0.15, -0.1) is 0 Å². The first-order valence-electron chi connectivity index (χ1n) is 25.5. The second kappa shape index (κ2) is 37.4. The molecule has 12 nitrogen and oxygen atoms in total. The third-order valence-electron chi connectivity index (χ3n) is 12.2. The number of quaternary nitrogens is 1. The first-order chi connectivity index (χ1) is 30.2. The molecule has 0 amide bonds. The Hall–Kier alpha value is -1.66. The minimum Gasteiger partial charge on any atom is -0.756 e. The zero-order chi connectivity index (χ0) is 46.6. The number of hydrogen-bond acceptors (Lipinski definition) is 11. The van der Waals surface area contributed by atoms with Crippen molar-refractivity contribution in [1.82, 2.24) is 0 Å². The molecule has 1 aliphatic carbocycles. The molecule has 0 radical (unpaired) electrons. The van der Waals surface area contributed by atoms with Gasteiger partial charge in [0, 0.05) is 31.1 Å². The quantitative estimate of drug-likeness (QED) is 0.0196. The van der Waals surface area contributed by atoms with Crippen LogP contribution in [0, 0.1) is 11.8 Å². The van der Waals surface area contributed by atoms with E-state index >= 15 is 0 Å². The summed E-state index contributed by atoms with van der Waals surface area (Å²) >= 11 is 0. The Morgan fingerprint density at radius 1 is 0.714 bits per heavy atom. The number of carbonyl (C=O) groups is 3. The van der Waals surface area contributed by atoms with Crippen LogP contribution in [0.2, 0.25) is 0 Å². The zero-order valence-electron chi connectivity index (χ0n) is 40.8. The third kappa shape index (κ3) is 34.3. The molecule has 2 N–H and O–H groups in total. The molecule has 1 fully saturated rings. The van der Waals surface area contributed by atoms with Crippen molar-refractivity contribution in [2.75, 3.05) is 47.5 Å². The second-order valence-electron chi connectivity index (χ2n) is 19.3. The lowest BCUT2D eigenvalue weighted by molar-refractivity contribution is -0.870. The molecule has 63 heavy (non-hydrogen) atoms. The molecule has 0 aromatic carbocycles. The number of unbranched alkanes of at least 4 members (excludes halogenated alkanes) is 23. The Morgan fingerprint density at radius 2 is 1.19 bits per heavy atom. The molecular weight excluding hydrogens is 822 g/mol. The van der Waals surface area contributed by atoms with Crippen molar-refractivity contribution >= 4 is 25.5 Å². The molecule has 6 atom stereocenters. The van der Waals surface area contributed by atoms with E-state index in [4.69, 9.17) is 18.5 Å². The highest BCUT2D eigenvalue weighted by molar-refractivity contribution is 7.45. The topological polar surface area (TPSA) is 169 Å². The molecule has 0 bridgehead atoms. The minimum atomic E-state index is -4.68. The number of phosphoric ester groups is 1. The number of likely N-dealkylation sites (N-methyl/N-ethyl adjacent to an activating group) is 1. The number of hydrogen-bond donors (Lipinski definition) is 2. The average molecular weight is 916 g/mol. The van der Waals surface area contributed by atoms with Crippen LogP contribution in [0.4, 0.5) is 0 Å². The van der Waals surface area contributed by atoms with Gasteiger partial charge in [0.1, 0.15) is 25.5 Å². The number of esters is 2. The summed E-state index contributed by atoms with van der Waals surface area (Å²) < 4.78 is 34.0. The fourth-order valence-electron chi connectivity index (χ4n) is 8.14. The van der Waals surface area contributed by atoms with Crippen LogP contribution in [0.5, 0.6) is 0 Å². The Balaban J connectivity index is 2.38. The molecule has 0 heterocycles. The van der Waals surface area contributed by atoms with Gasteiger partial charge < -0.3 is 38.1 Å². The van der Waals surface area contributed by atoms with Gasteiger partial charge in [-0.1, -0.05) is 180 Å². The van der Waals surface area contributed by atoms with Crippen LogP contribution in [0.25, 0.3) is 0 Å². The summed E-state index contributed by atoms with van der Waals surface area (Å²) in [6.07, 6.45) is 32.8. The van der Waals surface area contributed by atoms with Crippen LogP contribution < -0.4 is 4.89 Å². The highest BCUT2D eigenvalue weighted by atomic mass is 31.2. The Labute approximate surface area is 384 Å². The lowest BCUT2D eigenvalue weighted by atomic mass is 9.88. The maximum absolute atomic E-state index is 12.8. The van der Waals surface area contributed by atoms with E-state index in [2.05, 4.69) is 13.8 Å².